The minimum atomic E-state index is -0.648. The van der Waals surface area contributed by atoms with E-state index in [1.54, 1.807) is 19.1 Å². The van der Waals surface area contributed by atoms with Crippen LogP contribution in [0.2, 0.25) is 0 Å². The molecule has 0 aromatic rings. The molecule has 1 amide bonds. The molecular weight excluding hydrogens is 282 g/mol. The second-order valence-electron chi connectivity index (χ2n) is 6.52. The van der Waals surface area contributed by atoms with Crippen LogP contribution in [-0.4, -0.2) is 72.4 Å². The number of likely N-dealkylation sites (N-methyl/N-ethyl adjacent to an activating group) is 1. The minimum absolute atomic E-state index is 0.0280. The molecule has 22 heavy (non-hydrogen) atoms. The van der Waals surface area contributed by atoms with E-state index < -0.39 is 5.54 Å². The Morgan fingerprint density at radius 1 is 1.45 bits per heavy atom. The van der Waals surface area contributed by atoms with Crippen molar-refractivity contribution in [1.29, 1.82) is 5.26 Å². The highest BCUT2D eigenvalue weighted by Crippen LogP contribution is 2.32. The van der Waals surface area contributed by atoms with Crippen molar-refractivity contribution in [2.24, 2.45) is 0 Å². The summed E-state index contributed by atoms with van der Waals surface area (Å²) in [5, 5.41) is 19.1. The van der Waals surface area contributed by atoms with Gasteiger partial charge in [0.15, 0.2) is 0 Å². The van der Waals surface area contributed by atoms with E-state index in [9.17, 15) is 15.2 Å². The molecule has 6 heteroatoms. The summed E-state index contributed by atoms with van der Waals surface area (Å²) < 4.78 is 5.34. The predicted octanol–water partition coefficient (Wildman–Crippen LogP) is 0.753. The molecular formula is C16H27N3O3. The van der Waals surface area contributed by atoms with Crippen LogP contribution in [0.3, 0.4) is 0 Å². The molecule has 2 rings (SSSR count). The lowest BCUT2D eigenvalue weighted by Crippen LogP contribution is -2.53. The number of nitriles is 1. The number of hydrogen-bond donors (Lipinski definition) is 1. The van der Waals surface area contributed by atoms with Crippen molar-refractivity contribution in [2.75, 3.05) is 33.9 Å². The lowest BCUT2D eigenvalue weighted by atomic mass is 9.81. The number of hydrogen-bond acceptors (Lipinski definition) is 5. The Balaban J connectivity index is 2.00. The number of ether oxygens (including phenoxy) is 1. The van der Waals surface area contributed by atoms with Gasteiger partial charge in [0.25, 0.3) is 0 Å². The number of likely N-dealkylation sites (tertiary alicyclic amines) is 1. The summed E-state index contributed by atoms with van der Waals surface area (Å²) in [6, 6.07) is 2.35. The number of nitrogens with zero attached hydrogens (tertiary/aromatic N) is 3. The van der Waals surface area contributed by atoms with Gasteiger partial charge in [-0.3, -0.25) is 9.69 Å². The monoisotopic (exact) mass is 309 g/mol. The van der Waals surface area contributed by atoms with Gasteiger partial charge in [-0.2, -0.15) is 5.26 Å². The van der Waals surface area contributed by atoms with Crippen LogP contribution in [-0.2, 0) is 9.53 Å². The van der Waals surface area contributed by atoms with Gasteiger partial charge in [0.1, 0.15) is 5.54 Å². The Bertz CT molecular complexity index is 429. The first-order chi connectivity index (χ1) is 10.6. The third-order valence-electron chi connectivity index (χ3n) is 5.28. The van der Waals surface area contributed by atoms with Gasteiger partial charge >= 0.3 is 0 Å². The number of methoxy groups -OCH3 is 1. The highest BCUT2D eigenvalue weighted by atomic mass is 16.5. The molecule has 0 bridgehead atoms. The van der Waals surface area contributed by atoms with Crippen LogP contribution in [0, 0.1) is 11.3 Å². The summed E-state index contributed by atoms with van der Waals surface area (Å²) in [6.07, 6.45) is 5.47. The molecule has 2 atom stereocenters. The Morgan fingerprint density at radius 2 is 2.14 bits per heavy atom. The maximum atomic E-state index is 12.6. The van der Waals surface area contributed by atoms with Gasteiger partial charge < -0.3 is 14.7 Å². The van der Waals surface area contributed by atoms with Gasteiger partial charge in [-0.05, 0) is 19.3 Å². The van der Waals surface area contributed by atoms with E-state index in [1.807, 2.05) is 4.90 Å². The zero-order chi connectivity index (χ0) is 16.2. The van der Waals surface area contributed by atoms with E-state index in [-0.39, 0.29) is 31.2 Å². The molecule has 2 fully saturated rings. The number of aliphatic hydroxyl groups excluding tert-OH is 1. The fourth-order valence-corrected chi connectivity index (χ4v) is 3.67. The molecule has 1 saturated carbocycles. The van der Waals surface area contributed by atoms with Crippen LogP contribution in [0.4, 0.5) is 0 Å². The molecule has 0 spiro atoms. The summed E-state index contributed by atoms with van der Waals surface area (Å²) in [7, 11) is 3.40. The second-order valence-corrected chi connectivity index (χ2v) is 6.52. The van der Waals surface area contributed by atoms with Crippen LogP contribution in [0.5, 0.6) is 0 Å². The van der Waals surface area contributed by atoms with E-state index >= 15 is 0 Å². The molecule has 1 aliphatic carbocycles. The lowest BCUT2D eigenvalue weighted by molar-refractivity contribution is -0.136. The maximum absolute atomic E-state index is 12.6. The van der Waals surface area contributed by atoms with E-state index in [0.717, 1.165) is 38.5 Å². The van der Waals surface area contributed by atoms with Gasteiger partial charge in [-0.15, -0.1) is 0 Å². The van der Waals surface area contributed by atoms with Gasteiger partial charge in [0.05, 0.1) is 25.3 Å². The summed E-state index contributed by atoms with van der Waals surface area (Å²) in [4.78, 5) is 16.2. The Labute approximate surface area is 132 Å². The smallest absolute Gasteiger partial charge is 0.237 e. The highest BCUT2D eigenvalue weighted by molar-refractivity contribution is 5.79. The van der Waals surface area contributed by atoms with Crippen molar-refractivity contribution in [3.05, 3.63) is 0 Å². The predicted molar refractivity (Wildman–Crippen MR) is 82.1 cm³/mol. The molecule has 1 aliphatic heterocycles. The third kappa shape index (κ3) is 3.43. The average molecular weight is 309 g/mol. The van der Waals surface area contributed by atoms with Crippen molar-refractivity contribution < 1.29 is 14.6 Å². The Hall–Kier alpha value is -1.16. The van der Waals surface area contributed by atoms with Crippen molar-refractivity contribution >= 4 is 5.91 Å². The normalized spacial score (nSPS) is 28.3. The van der Waals surface area contributed by atoms with E-state index in [4.69, 9.17) is 4.74 Å². The molecule has 124 valence electrons. The summed E-state index contributed by atoms with van der Waals surface area (Å²) in [5.74, 6) is -0.0429. The van der Waals surface area contributed by atoms with Crippen LogP contribution in [0.25, 0.3) is 0 Å². The Morgan fingerprint density at radius 3 is 2.68 bits per heavy atom. The fourth-order valence-electron chi connectivity index (χ4n) is 3.67. The molecule has 0 aromatic carbocycles. The van der Waals surface area contributed by atoms with Crippen molar-refractivity contribution in [3.63, 3.8) is 0 Å². The summed E-state index contributed by atoms with van der Waals surface area (Å²) in [5.41, 5.74) is -0.648. The first kappa shape index (κ1) is 17.2. The maximum Gasteiger partial charge on any atom is 0.237 e. The van der Waals surface area contributed by atoms with Crippen LogP contribution in [0.1, 0.15) is 38.5 Å². The number of amides is 1. The van der Waals surface area contributed by atoms with Crippen molar-refractivity contribution in [3.8, 4) is 6.07 Å². The fraction of sp³-hybridized carbons (Fsp3) is 0.875. The Kier molecular flexibility index (Phi) is 5.79. The van der Waals surface area contributed by atoms with Gasteiger partial charge in [-0.1, -0.05) is 19.3 Å². The summed E-state index contributed by atoms with van der Waals surface area (Å²) >= 11 is 0. The zero-order valence-electron chi connectivity index (χ0n) is 13.6. The number of carbonyl (C=O) groups is 1. The largest absolute Gasteiger partial charge is 0.395 e. The molecule has 6 nitrogen and oxygen atoms in total. The van der Waals surface area contributed by atoms with Gasteiger partial charge in [-0.25, -0.2) is 0 Å². The van der Waals surface area contributed by atoms with Crippen LogP contribution < -0.4 is 0 Å². The number of rotatable bonds is 5. The number of aliphatic hydroxyl groups is 1. The molecule has 2 aliphatic rings. The second kappa shape index (κ2) is 7.40. The van der Waals surface area contributed by atoms with Crippen LogP contribution >= 0.6 is 0 Å². The number of carbonyl (C=O) groups excluding carboxylic acids is 1. The van der Waals surface area contributed by atoms with E-state index in [2.05, 4.69) is 6.07 Å². The molecule has 1 heterocycles. The highest BCUT2D eigenvalue weighted by Gasteiger charge is 2.40. The van der Waals surface area contributed by atoms with Gasteiger partial charge in [0.2, 0.25) is 5.91 Å². The quantitative estimate of drug-likeness (QED) is 0.811. The van der Waals surface area contributed by atoms with E-state index in [0.29, 0.717) is 6.54 Å². The van der Waals surface area contributed by atoms with Crippen LogP contribution in [0.15, 0.2) is 0 Å². The molecule has 0 unspecified atom stereocenters. The van der Waals surface area contributed by atoms with Crippen molar-refractivity contribution in [1.82, 2.24) is 9.80 Å². The topological polar surface area (TPSA) is 76.8 Å². The van der Waals surface area contributed by atoms with Gasteiger partial charge in [0, 0.05) is 26.7 Å². The average Bonchev–Trinajstić information content (AvgIpc) is 2.96. The SMILES string of the molecule is CO[C@H]1C[C@@H](CO)N(CC(=O)N(C)C2(C#N)CCCCC2)C1. The molecule has 1 N–H and O–H groups in total. The van der Waals surface area contributed by atoms with Crippen molar-refractivity contribution in [2.45, 2.75) is 56.2 Å². The molecule has 0 aromatic heterocycles. The van der Waals surface area contributed by atoms with E-state index in [1.165, 1.54) is 0 Å². The first-order valence-corrected chi connectivity index (χ1v) is 8.12. The summed E-state index contributed by atoms with van der Waals surface area (Å²) in [6.45, 7) is 0.923. The zero-order valence-corrected chi connectivity index (χ0v) is 13.6. The lowest BCUT2D eigenvalue weighted by Gasteiger charge is -2.40. The third-order valence-corrected chi connectivity index (χ3v) is 5.28. The first-order valence-electron chi connectivity index (χ1n) is 8.12. The standard InChI is InChI=1S/C16H27N3O3/c1-18(16(12-17)6-4-3-5-7-16)15(21)10-19-9-14(22-2)8-13(19)11-20/h13-14,20H,3-11H2,1-2H3/t13-,14-/m0/s1. The molecule has 1 saturated heterocycles. The molecule has 0 radical (unpaired) electrons. The minimum Gasteiger partial charge on any atom is -0.395 e.